The molecular formula is C15H28N2OS. The van der Waals surface area contributed by atoms with Crippen molar-refractivity contribution < 1.29 is 4.79 Å². The van der Waals surface area contributed by atoms with Crippen LogP contribution in [0, 0.1) is 5.41 Å². The van der Waals surface area contributed by atoms with Gasteiger partial charge in [-0.25, -0.2) is 0 Å². The first-order valence-corrected chi connectivity index (χ1v) is 8.88. The van der Waals surface area contributed by atoms with Crippen LogP contribution >= 0.6 is 11.8 Å². The van der Waals surface area contributed by atoms with Crippen molar-refractivity contribution in [2.45, 2.75) is 69.7 Å². The van der Waals surface area contributed by atoms with E-state index in [1.54, 1.807) is 0 Å². The maximum absolute atomic E-state index is 12.5. The van der Waals surface area contributed by atoms with Gasteiger partial charge < -0.3 is 10.6 Å². The maximum Gasteiger partial charge on any atom is 0.237 e. The van der Waals surface area contributed by atoms with E-state index in [2.05, 4.69) is 30.7 Å². The predicted molar refractivity (Wildman–Crippen MR) is 82.5 cm³/mol. The number of hydrogen-bond donors (Lipinski definition) is 2. The van der Waals surface area contributed by atoms with Crippen LogP contribution in [0.2, 0.25) is 0 Å². The predicted octanol–water partition coefficient (Wildman–Crippen LogP) is 2.55. The number of carbonyl (C=O) groups excluding carboxylic acids is 1. The standard InChI is InChI=1S/C15H28N2OS/c1-15(2)8-5-9-16-13(15)14(18)17-11-6-4-7-12(10-11)19-3/h11-13,16H,4-10H2,1-3H3,(H,17,18). The van der Waals surface area contributed by atoms with Crippen molar-refractivity contribution in [3.63, 3.8) is 0 Å². The lowest BCUT2D eigenvalue weighted by Crippen LogP contribution is -2.57. The average molecular weight is 284 g/mol. The van der Waals surface area contributed by atoms with Crippen LogP contribution < -0.4 is 10.6 Å². The number of carbonyl (C=O) groups is 1. The van der Waals surface area contributed by atoms with Crippen molar-refractivity contribution in [1.82, 2.24) is 10.6 Å². The van der Waals surface area contributed by atoms with Gasteiger partial charge in [0.1, 0.15) is 0 Å². The second-order valence-electron chi connectivity index (χ2n) is 6.71. The highest BCUT2D eigenvalue weighted by atomic mass is 32.2. The minimum atomic E-state index is -0.0177. The molecule has 1 aliphatic heterocycles. The summed E-state index contributed by atoms with van der Waals surface area (Å²) in [6.45, 7) is 5.38. The monoisotopic (exact) mass is 284 g/mol. The zero-order chi connectivity index (χ0) is 13.9. The number of nitrogens with one attached hydrogen (secondary N) is 2. The molecule has 0 aromatic rings. The summed E-state index contributed by atoms with van der Waals surface area (Å²) < 4.78 is 0. The molecule has 0 spiro atoms. The van der Waals surface area contributed by atoms with Crippen LogP contribution in [0.4, 0.5) is 0 Å². The quantitative estimate of drug-likeness (QED) is 0.837. The second kappa shape index (κ2) is 6.49. The Morgan fingerprint density at radius 1 is 1.32 bits per heavy atom. The lowest BCUT2D eigenvalue weighted by Gasteiger charge is -2.39. The van der Waals surface area contributed by atoms with Crippen LogP contribution in [0.15, 0.2) is 0 Å². The number of piperidine rings is 1. The molecule has 19 heavy (non-hydrogen) atoms. The topological polar surface area (TPSA) is 41.1 Å². The molecule has 1 aliphatic carbocycles. The fraction of sp³-hybridized carbons (Fsp3) is 0.933. The Morgan fingerprint density at radius 2 is 2.11 bits per heavy atom. The SMILES string of the molecule is CSC1CCCC(NC(=O)C2NCCCC2(C)C)C1. The van der Waals surface area contributed by atoms with E-state index in [0.29, 0.717) is 6.04 Å². The summed E-state index contributed by atoms with van der Waals surface area (Å²) in [5, 5.41) is 7.43. The summed E-state index contributed by atoms with van der Waals surface area (Å²) in [6.07, 6.45) is 9.33. The fourth-order valence-corrected chi connectivity index (χ4v) is 4.26. The first kappa shape index (κ1) is 15.2. The molecule has 1 saturated heterocycles. The molecule has 1 heterocycles. The van der Waals surface area contributed by atoms with Gasteiger partial charge in [-0.15, -0.1) is 0 Å². The Kier molecular flexibility index (Phi) is 5.18. The van der Waals surface area contributed by atoms with Crippen molar-refractivity contribution >= 4 is 17.7 Å². The van der Waals surface area contributed by atoms with E-state index < -0.39 is 0 Å². The molecule has 0 aromatic carbocycles. The number of amides is 1. The third-order valence-electron chi connectivity index (χ3n) is 4.70. The van der Waals surface area contributed by atoms with Gasteiger partial charge in [-0.05, 0) is 50.3 Å². The highest BCUT2D eigenvalue weighted by molar-refractivity contribution is 7.99. The van der Waals surface area contributed by atoms with E-state index in [1.807, 2.05) is 11.8 Å². The third-order valence-corrected chi connectivity index (χ3v) is 5.79. The van der Waals surface area contributed by atoms with Crippen LogP contribution in [-0.4, -0.2) is 36.0 Å². The highest BCUT2D eigenvalue weighted by Gasteiger charge is 2.38. The van der Waals surface area contributed by atoms with Gasteiger partial charge >= 0.3 is 0 Å². The molecule has 4 heteroatoms. The number of thioether (sulfide) groups is 1. The average Bonchev–Trinajstić information content (AvgIpc) is 2.38. The van der Waals surface area contributed by atoms with Crippen molar-refractivity contribution in [2.24, 2.45) is 5.41 Å². The van der Waals surface area contributed by atoms with Crippen molar-refractivity contribution in [1.29, 1.82) is 0 Å². The molecule has 2 fully saturated rings. The molecular weight excluding hydrogens is 256 g/mol. The molecule has 3 unspecified atom stereocenters. The fourth-order valence-electron chi connectivity index (χ4n) is 3.43. The van der Waals surface area contributed by atoms with E-state index in [4.69, 9.17) is 0 Å². The summed E-state index contributed by atoms with van der Waals surface area (Å²) >= 11 is 1.95. The molecule has 2 rings (SSSR count). The van der Waals surface area contributed by atoms with Gasteiger partial charge in [0.25, 0.3) is 0 Å². The molecule has 3 nitrogen and oxygen atoms in total. The molecule has 1 saturated carbocycles. The van der Waals surface area contributed by atoms with E-state index in [-0.39, 0.29) is 17.4 Å². The summed E-state index contributed by atoms with van der Waals surface area (Å²) in [6, 6.07) is 0.370. The number of hydrogen-bond acceptors (Lipinski definition) is 3. The normalized spacial score (nSPS) is 34.8. The molecule has 0 bridgehead atoms. The highest BCUT2D eigenvalue weighted by Crippen LogP contribution is 2.31. The maximum atomic E-state index is 12.5. The lowest BCUT2D eigenvalue weighted by atomic mass is 9.77. The van der Waals surface area contributed by atoms with Gasteiger partial charge in [-0.1, -0.05) is 20.3 Å². The zero-order valence-electron chi connectivity index (χ0n) is 12.5. The molecule has 0 radical (unpaired) electrons. The van der Waals surface area contributed by atoms with Gasteiger partial charge in [0.05, 0.1) is 6.04 Å². The van der Waals surface area contributed by atoms with Crippen LogP contribution in [-0.2, 0) is 4.79 Å². The first-order chi connectivity index (χ1) is 9.03. The Labute approximate surface area is 121 Å². The summed E-state index contributed by atoms with van der Waals surface area (Å²) in [5.74, 6) is 0.219. The van der Waals surface area contributed by atoms with Gasteiger partial charge in [-0.2, -0.15) is 11.8 Å². The molecule has 0 aromatic heterocycles. The minimum Gasteiger partial charge on any atom is -0.352 e. The van der Waals surface area contributed by atoms with Crippen molar-refractivity contribution in [3.8, 4) is 0 Å². The molecule has 2 aliphatic rings. The molecule has 110 valence electrons. The van der Waals surface area contributed by atoms with Crippen LogP contribution in [0.3, 0.4) is 0 Å². The number of rotatable bonds is 3. The summed E-state index contributed by atoms with van der Waals surface area (Å²) in [7, 11) is 0. The van der Waals surface area contributed by atoms with Crippen LogP contribution in [0.25, 0.3) is 0 Å². The van der Waals surface area contributed by atoms with Gasteiger partial charge in [0.2, 0.25) is 5.91 Å². The third kappa shape index (κ3) is 3.88. The Hall–Kier alpha value is -0.220. The van der Waals surface area contributed by atoms with Gasteiger partial charge in [0.15, 0.2) is 0 Å². The van der Waals surface area contributed by atoms with Gasteiger partial charge in [-0.3, -0.25) is 4.79 Å². The first-order valence-electron chi connectivity index (χ1n) is 7.59. The molecule has 1 amide bonds. The Balaban J connectivity index is 1.89. The van der Waals surface area contributed by atoms with Crippen LogP contribution in [0.5, 0.6) is 0 Å². The van der Waals surface area contributed by atoms with Crippen molar-refractivity contribution in [2.75, 3.05) is 12.8 Å². The van der Waals surface area contributed by atoms with E-state index in [1.165, 1.54) is 19.3 Å². The van der Waals surface area contributed by atoms with E-state index >= 15 is 0 Å². The Morgan fingerprint density at radius 3 is 2.79 bits per heavy atom. The molecule has 2 N–H and O–H groups in total. The van der Waals surface area contributed by atoms with Crippen LogP contribution in [0.1, 0.15) is 52.4 Å². The lowest BCUT2D eigenvalue weighted by molar-refractivity contribution is -0.127. The Bertz CT molecular complexity index is 319. The van der Waals surface area contributed by atoms with Crippen molar-refractivity contribution in [3.05, 3.63) is 0 Å². The molecule has 3 atom stereocenters. The van der Waals surface area contributed by atoms with E-state index in [0.717, 1.165) is 31.1 Å². The van der Waals surface area contributed by atoms with Gasteiger partial charge in [0, 0.05) is 11.3 Å². The minimum absolute atomic E-state index is 0.0177. The zero-order valence-corrected chi connectivity index (χ0v) is 13.3. The summed E-state index contributed by atoms with van der Waals surface area (Å²) in [5.41, 5.74) is 0.0793. The van der Waals surface area contributed by atoms with E-state index in [9.17, 15) is 4.79 Å². The smallest absolute Gasteiger partial charge is 0.237 e. The second-order valence-corrected chi connectivity index (χ2v) is 7.85. The summed E-state index contributed by atoms with van der Waals surface area (Å²) in [4.78, 5) is 12.5. The largest absolute Gasteiger partial charge is 0.352 e.